The van der Waals surface area contributed by atoms with Gasteiger partial charge in [0, 0.05) is 41.8 Å². The predicted octanol–water partition coefficient (Wildman–Crippen LogP) is 3.72. The summed E-state index contributed by atoms with van der Waals surface area (Å²) in [7, 11) is 2.15. The fourth-order valence-corrected chi connectivity index (χ4v) is 3.49. The summed E-state index contributed by atoms with van der Waals surface area (Å²) in [6.07, 6.45) is 0. The Balaban J connectivity index is 1.79. The zero-order valence-corrected chi connectivity index (χ0v) is 16.2. The Morgan fingerprint density at radius 3 is 2.31 bits per heavy atom. The molecule has 132 valence electrons. The van der Waals surface area contributed by atoms with Crippen molar-refractivity contribution in [3.63, 3.8) is 0 Å². The van der Waals surface area contributed by atoms with E-state index in [1.54, 1.807) is 0 Å². The highest BCUT2D eigenvalue weighted by Crippen LogP contribution is 2.29. The normalized spacial score (nSPS) is 15.2. The summed E-state index contributed by atoms with van der Waals surface area (Å²) < 4.78 is 1.01. The van der Waals surface area contributed by atoms with Gasteiger partial charge in [-0.05, 0) is 19.2 Å². The summed E-state index contributed by atoms with van der Waals surface area (Å²) in [5, 5.41) is 8.98. The number of nitrogens with zero attached hydrogens (tertiary/aromatic N) is 5. The van der Waals surface area contributed by atoms with Gasteiger partial charge in [0.05, 0.1) is 0 Å². The molecule has 26 heavy (non-hydrogen) atoms. The van der Waals surface area contributed by atoms with Crippen LogP contribution in [0.25, 0.3) is 22.6 Å². The van der Waals surface area contributed by atoms with E-state index in [0.29, 0.717) is 5.82 Å². The first kappa shape index (κ1) is 17.1. The van der Waals surface area contributed by atoms with E-state index in [4.69, 9.17) is 4.98 Å². The Labute approximate surface area is 161 Å². The van der Waals surface area contributed by atoms with Crippen LogP contribution >= 0.6 is 15.9 Å². The quantitative estimate of drug-likeness (QED) is 0.659. The molecule has 0 saturated carbocycles. The van der Waals surface area contributed by atoms with E-state index in [2.05, 4.69) is 55.1 Å². The molecule has 2 heterocycles. The third-order valence-corrected chi connectivity index (χ3v) is 5.09. The van der Waals surface area contributed by atoms with Crippen LogP contribution in [0.4, 0.5) is 5.82 Å². The lowest BCUT2D eigenvalue weighted by Gasteiger charge is -2.33. The number of benzene rings is 2. The Bertz CT molecular complexity index is 892. The monoisotopic (exact) mass is 409 g/mol. The lowest BCUT2D eigenvalue weighted by molar-refractivity contribution is 0.312. The minimum atomic E-state index is 0.653. The topological polar surface area (TPSA) is 45.2 Å². The number of hydrogen-bond acceptors (Lipinski definition) is 5. The van der Waals surface area contributed by atoms with Crippen LogP contribution in [0, 0.1) is 0 Å². The Kier molecular flexibility index (Phi) is 4.95. The SMILES string of the molecule is CN1CCN(c2nc(-c3cccc(Br)c3)nnc2-c2ccccc2)CC1. The molecular formula is C20H20BrN5. The zero-order chi connectivity index (χ0) is 17.9. The Hall–Kier alpha value is -2.31. The van der Waals surface area contributed by atoms with Crippen molar-refractivity contribution in [3.8, 4) is 22.6 Å². The van der Waals surface area contributed by atoms with Crippen molar-refractivity contribution in [1.29, 1.82) is 0 Å². The fraction of sp³-hybridized carbons (Fsp3) is 0.250. The van der Waals surface area contributed by atoms with E-state index in [9.17, 15) is 0 Å². The second kappa shape index (κ2) is 7.51. The highest BCUT2D eigenvalue weighted by Gasteiger charge is 2.21. The molecule has 4 rings (SSSR count). The molecule has 6 heteroatoms. The van der Waals surface area contributed by atoms with E-state index in [1.165, 1.54) is 0 Å². The van der Waals surface area contributed by atoms with Gasteiger partial charge in [0.15, 0.2) is 11.6 Å². The van der Waals surface area contributed by atoms with Gasteiger partial charge in [0.1, 0.15) is 5.69 Å². The molecular weight excluding hydrogens is 390 g/mol. The van der Waals surface area contributed by atoms with Gasteiger partial charge in [-0.25, -0.2) is 4.98 Å². The Morgan fingerprint density at radius 2 is 1.58 bits per heavy atom. The first-order valence-electron chi connectivity index (χ1n) is 8.70. The molecule has 1 aliphatic rings. The minimum absolute atomic E-state index is 0.653. The van der Waals surface area contributed by atoms with E-state index in [0.717, 1.165) is 53.3 Å². The van der Waals surface area contributed by atoms with E-state index in [1.807, 2.05) is 42.5 Å². The molecule has 0 N–H and O–H groups in total. The van der Waals surface area contributed by atoms with E-state index in [-0.39, 0.29) is 0 Å². The summed E-state index contributed by atoms with van der Waals surface area (Å²) in [5.41, 5.74) is 2.85. The summed E-state index contributed by atoms with van der Waals surface area (Å²) in [5.74, 6) is 1.56. The third kappa shape index (κ3) is 3.61. The van der Waals surface area contributed by atoms with Gasteiger partial charge in [-0.15, -0.1) is 10.2 Å². The molecule has 1 aliphatic heterocycles. The Morgan fingerprint density at radius 1 is 0.846 bits per heavy atom. The number of likely N-dealkylation sites (N-methyl/N-ethyl adjacent to an activating group) is 1. The molecule has 5 nitrogen and oxygen atoms in total. The van der Waals surface area contributed by atoms with Crippen molar-refractivity contribution in [2.75, 3.05) is 38.1 Å². The molecule has 1 saturated heterocycles. The van der Waals surface area contributed by atoms with E-state index < -0.39 is 0 Å². The smallest absolute Gasteiger partial charge is 0.183 e. The molecule has 0 radical (unpaired) electrons. The summed E-state index contributed by atoms with van der Waals surface area (Å²) in [6.45, 7) is 3.91. The average Bonchev–Trinajstić information content (AvgIpc) is 2.69. The first-order valence-corrected chi connectivity index (χ1v) is 9.49. The van der Waals surface area contributed by atoms with Gasteiger partial charge in [0.25, 0.3) is 0 Å². The van der Waals surface area contributed by atoms with Crippen LogP contribution < -0.4 is 4.90 Å². The zero-order valence-electron chi connectivity index (χ0n) is 14.6. The van der Waals surface area contributed by atoms with Gasteiger partial charge in [-0.3, -0.25) is 0 Å². The summed E-state index contributed by atoms with van der Waals surface area (Å²) >= 11 is 3.52. The van der Waals surface area contributed by atoms with Crippen LogP contribution in [-0.4, -0.2) is 53.3 Å². The van der Waals surface area contributed by atoms with Crippen molar-refractivity contribution in [1.82, 2.24) is 20.1 Å². The molecule has 0 atom stereocenters. The van der Waals surface area contributed by atoms with E-state index >= 15 is 0 Å². The second-order valence-electron chi connectivity index (χ2n) is 6.47. The molecule has 0 aliphatic carbocycles. The molecule has 3 aromatic rings. The number of hydrogen-bond donors (Lipinski definition) is 0. The molecule has 0 amide bonds. The van der Waals surface area contributed by atoms with Crippen LogP contribution in [0.15, 0.2) is 59.1 Å². The van der Waals surface area contributed by atoms with Crippen molar-refractivity contribution in [2.45, 2.75) is 0 Å². The third-order valence-electron chi connectivity index (χ3n) is 4.60. The molecule has 1 fully saturated rings. The average molecular weight is 410 g/mol. The predicted molar refractivity (Wildman–Crippen MR) is 108 cm³/mol. The molecule has 0 spiro atoms. The maximum atomic E-state index is 4.92. The van der Waals surface area contributed by atoms with Crippen molar-refractivity contribution < 1.29 is 0 Å². The highest BCUT2D eigenvalue weighted by molar-refractivity contribution is 9.10. The number of piperazine rings is 1. The first-order chi connectivity index (χ1) is 12.7. The number of rotatable bonds is 3. The van der Waals surface area contributed by atoms with Gasteiger partial charge in [-0.1, -0.05) is 58.4 Å². The summed E-state index contributed by atoms with van der Waals surface area (Å²) in [6, 6.07) is 18.2. The summed E-state index contributed by atoms with van der Waals surface area (Å²) in [4.78, 5) is 9.58. The number of aromatic nitrogens is 3. The fourth-order valence-electron chi connectivity index (χ4n) is 3.09. The largest absolute Gasteiger partial charge is 0.352 e. The van der Waals surface area contributed by atoms with Crippen LogP contribution in [0.2, 0.25) is 0 Å². The minimum Gasteiger partial charge on any atom is -0.352 e. The van der Waals surface area contributed by atoms with Crippen LogP contribution in [0.1, 0.15) is 0 Å². The molecule has 1 aromatic heterocycles. The lowest BCUT2D eigenvalue weighted by Crippen LogP contribution is -2.45. The number of halogens is 1. The van der Waals surface area contributed by atoms with Crippen molar-refractivity contribution >= 4 is 21.7 Å². The second-order valence-corrected chi connectivity index (χ2v) is 7.39. The maximum Gasteiger partial charge on any atom is 0.183 e. The number of anilines is 1. The molecule has 0 bridgehead atoms. The van der Waals surface area contributed by atoms with Crippen LogP contribution in [-0.2, 0) is 0 Å². The lowest BCUT2D eigenvalue weighted by atomic mass is 10.1. The van der Waals surface area contributed by atoms with Crippen molar-refractivity contribution in [2.24, 2.45) is 0 Å². The highest BCUT2D eigenvalue weighted by atomic mass is 79.9. The molecule has 0 unspecified atom stereocenters. The van der Waals surface area contributed by atoms with Gasteiger partial charge < -0.3 is 9.80 Å². The van der Waals surface area contributed by atoms with Crippen molar-refractivity contribution in [3.05, 3.63) is 59.1 Å². The van der Waals surface area contributed by atoms with Crippen LogP contribution in [0.5, 0.6) is 0 Å². The molecule has 2 aromatic carbocycles. The van der Waals surface area contributed by atoms with Crippen LogP contribution in [0.3, 0.4) is 0 Å². The standard InChI is InChI=1S/C20H20BrN5/c1-25-10-12-26(13-11-25)20-18(15-6-3-2-4-7-15)23-24-19(22-20)16-8-5-9-17(21)14-16/h2-9,14H,10-13H2,1H3. The van der Waals surface area contributed by atoms with Gasteiger partial charge in [-0.2, -0.15) is 0 Å². The van der Waals surface area contributed by atoms with Gasteiger partial charge >= 0.3 is 0 Å². The maximum absolute atomic E-state index is 4.92. The van der Waals surface area contributed by atoms with Gasteiger partial charge in [0.2, 0.25) is 0 Å².